The summed E-state index contributed by atoms with van der Waals surface area (Å²) in [4.78, 5) is 14.0. The number of hydrogen-bond acceptors (Lipinski definition) is 5. The third-order valence-electron chi connectivity index (χ3n) is 5.70. The zero-order valence-corrected chi connectivity index (χ0v) is 15.1. The number of rotatable bonds is 5. The molecule has 4 rings (SSSR count). The van der Waals surface area contributed by atoms with Gasteiger partial charge >= 0.3 is 0 Å². The molecule has 0 bridgehead atoms. The van der Waals surface area contributed by atoms with Gasteiger partial charge in [0.05, 0.1) is 18.2 Å². The average Bonchev–Trinajstić information content (AvgIpc) is 3.35. The molecule has 26 heavy (non-hydrogen) atoms. The van der Waals surface area contributed by atoms with Crippen LogP contribution in [0.15, 0.2) is 22.7 Å². The van der Waals surface area contributed by atoms with Gasteiger partial charge in [0.15, 0.2) is 5.76 Å². The van der Waals surface area contributed by atoms with Crippen LogP contribution >= 0.6 is 0 Å². The van der Waals surface area contributed by atoms with Gasteiger partial charge in [0.2, 0.25) is 5.91 Å². The van der Waals surface area contributed by atoms with Gasteiger partial charge < -0.3 is 14.9 Å². The van der Waals surface area contributed by atoms with E-state index in [9.17, 15) is 4.79 Å². The molecule has 2 saturated heterocycles. The number of aromatic amines is 1. The Balaban J connectivity index is 1.36. The third-order valence-corrected chi connectivity index (χ3v) is 5.70. The summed E-state index contributed by atoms with van der Waals surface area (Å²) in [7, 11) is 0. The van der Waals surface area contributed by atoms with E-state index in [-0.39, 0.29) is 17.9 Å². The summed E-state index contributed by atoms with van der Waals surface area (Å²) in [5.74, 6) is 1.80. The number of likely N-dealkylation sites (tertiary alicyclic amines) is 1. The van der Waals surface area contributed by atoms with E-state index in [1.165, 1.54) is 0 Å². The summed E-state index contributed by atoms with van der Waals surface area (Å²) in [6.07, 6.45) is 4.71. The average molecular weight is 358 g/mol. The van der Waals surface area contributed by atoms with E-state index < -0.39 is 0 Å². The molecule has 4 heterocycles. The first-order valence-electron chi connectivity index (χ1n) is 9.34. The molecule has 140 valence electrons. The number of nitrogens with two attached hydrogens (primary N) is 1. The van der Waals surface area contributed by atoms with Gasteiger partial charge in [-0.15, -0.1) is 0 Å². The highest BCUT2D eigenvalue weighted by atomic mass is 16.5. The van der Waals surface area contributed by atoms with Crippen molar-refractivity contribution >= 4 is 5.91 Å². The lowest BCUT2D eigenvalue weighted by Gasteiger charge is -2.35. The van der Waals surface area contributed by atoms with Crippen molar-refractivity contribution in [2.24, 2.45) is 17.6 Å². The molecule has 2 aromatic rings. The highest BCUT2D eigenvalue weighted by Crippen LogP contribution is 2.33. The molecule has 0 unspecified atom stereocenters. The van der Waals surface area contributed by atoms with Crippen LogP contribution in [0.3, 0.4) is 0 Å². The van der Waals surface area contributed by atoms with Crippen molar-refractivity contribution in [1.82, 2.24) is 15.1 Å². The Morgan fingerprint density at radius 1 is 1.35 bits per heavy atom. The second-order valence-electron chi connectivity index (χ2n) is 7.43. The van der Waals surface area contributed by atoms with Gasteiger partial charge in [-0.2, -0.15) is 5.10 Å². The van der Waals surface area contributed by atoms with Crippen molar-refractivity contribution in [2.75, 3.05) is 19.7 Å². The molecule has 7 nitrogen and oxygen atoms in total. The number of piperidine rings is 1. The SMILES string of the molecule is Cc1ccc(-c2[nH]ncc2CN2CCC([C@H]3OCC[C@@H]3C(N)=O)CC2)o1. The molecular weight excluding hydrogens is 332 g/mol. The van der Waals surface area contributed by atoms with E-state index in [0.29, 0.717) is 12.5 Å². The summed E-state index contributed by atoms with van der Waals surface area (Å²) >= 11 is 0. The first-order valence-corrected chi connectivity index (χ1v) is 9.34. The van der Waals surface area contributed by atoms with Gasteiger partial charge in [0, 0.05) is 18.7 Å². The van der Waals surface area contributed by atoms with E-state index >= 15 is 0 Å². The van der Waals surface area contributed by atoms with Crippen molar-refractivity contribution in [3.8, 4) is 11.5 Å². The summed E-state index contributed by atoms with van der Waals surface area (Å²) in [6, 6.07) is 3.93. The fraction of sp³-hybridized carbons (Fsp3) is 0.579. The number of primary amides is 1. The maximum Gasteiger partial charge on any atom is 0.223 e. The number of carbonyl (C=O) groups excluding carboxylic acids is 1. The van der Waals surface area contributed by atoms with Gasteiger partial charge in [-0.3, -0.25) is 14.8 Å². The number of hydrogen-bond donors (Lipinski definition) is 2. The van der Waals surface area contributed by atoms with Crippen LogP contribution < -0.4 is 5.73 Å². The number of H-pyrrole nitrogens is 1. The molecular formula is C19H26N4O3. The van der Waals surface area contributed by atoms with Gasteiger partial charge in [0.25, 0.3) is 0 Å². The molecule has 0 saturated carbocycles. The maximum atomic E-state index is 11.6. The molecule has 1 amide bonds. The minimum atomic E-state index is -0.216. The van der Waals surface area contributed by atoms with Crippen LogP contribution in [0.25, 0.3) is 11.5 Å². The minimum Gasteiger partial charge on any atom is -0.460 e. The lowest BCUT2D eigenvalue weighted by Crippen LogP contribution is -2.41. The molecule has 0 aromatic carbocycles. The van der Waals surface area contributed by atoms with Crippen molar-refractivity contribution in [3.63, 3.8) is 0 Å². The summed E-state index contributed by atoms with van der Waals surface area (Å²) < 4.78 is 11.6. The predicted molar refractivity (Wildman–Crippen MR) is 96.1 cm³/mol. The number of ether oxygens (including phenoxy) is 1. The molecule has 0 radical (unpaired) electrons. The van der Waals surface area contributed by atoms with Crippen molar-refractivity contribution in [2.45, 2.75) is 38.8 Å². The van der Waals surface area contributed by atoms with E-state index in [1.54, 1.807) is 0 Å². The van der Waals surface area contributed by atoms with E-state index in [1.807, 2.05) is 25.3 Å². The fourth-order valence-electron chi connectivity index (χ4n) is 4.27. The Kier molecular flexibility index (Phi) is 4.82. The van der Waals surface area contributed by atoms with Crippen LogP contribution in [-0.4, -0.2) is 46.8 Å². The molecule has 7 heteroatoms. The molecule has 2 aromatic heterocycles. The molecule has 0 aliphatic carbocycles. The fourth-order valence-corrected chi connectivity index (χ4v) is 4.27. The van der Waals surface area contributed by atoms with Gasteiger partial charge in [-0.25, -0.2) is 0 Å². The Morgan fingerprint density at radius 2 is 2.15 bits per heavy atom. The smallest absolute Gasteiger partial charge is 0.223 e. The zero-order chi connectivity index (χ0) is 18.1. The van der Waals surface area contributed by atoms with E-state index in [2.05, 4.69) is 15.1 Å². The minimum absolute atomic E-state index is 0.00484. The zero-order valence-electron chi connectivity index (χ0n) is 15.1. The van der Waals surface area contributed by atoms with Crippen LogP contribution in [0.1, 0.15) is 30.6 Å². The number of nitrogens with one attached hydrogen (secondary N) is 1. The number of amides is 1. The normalized spacial score (nSPS) is 25.0. The Bertz CT molecular complexity index is 760. The monoisotopic (exact) mass is 358 g/mol. The maximum absolute atomic E-state index is 11.6. The summed E-state index contributed by atoms with van der Waals surface area (Å²) in [5, 5.41) is 7.25. The van der Waals surface area contributed by atoms with Gasteiger partial charge in [-0.05, 0) is 57.3 Å². The Morgan fingerprint density at radius 3 is 2.85 bits per heavy atom. The summed E-state index contributed by atoms with van der Waals surface area (Å²) in [5.41, 5.74) is 7.63. The van der Waals surface area contributed by atoms with Crippen LogP contribution in [0.5, 0.6) is 0 Å². The molecule has 0 spiro atoms. The van der Waals surface area contributed by atoms with Gasteiger partial charge in [0.1, 0.15) is 11.5 Å². The lowest BCUT2D eigenvalue weighted by molar-refractivity contribution is -0.124. The van der Waals surface area contributed by atoms with E-state index in [4.69, 9.17) is 14.9 Å². The van der Waals surface area contributed by atoms with Crippen LogP contribution in [-0.2, 0) is 16.1 Å². The molecule has 2 fully saturated rings. The van der Waals surface area contributed by atoms with Crippen LogP contribution in [0, 0.1) is 18.8 Å². The number of aromatic nitrogens is 2. The van der Waals surface area contributed by atoms with Crippen molar-refractivity contribution < 1.29 is 13.9 Å². The molecule has 2 aliphatic rings. The number of carbonyl (C=O) groups is 1. The second-order valence-corrected chi connectivity index (χ2v) is 7.43. The topological polar surface area (TPSA) is 97.4 Å². The lowest BCUT2D eigenvalue weighted by atomic mass is 9.84. The molecule has 2 atom stereocenters. The number of aryl methyl sites for hydroxylation is 1. The Labute approximate surface area is 152 Å². The largest absolute Gasteiger partial charge is 0.460 e. The van der Waals surface area contributed by atoms with Gasteiger partial charge in [-0.1, -0.05) is 0 Å². The van der Waals surface area contributed by atoms with E-state index in [0.717, 1.165) is 61.7 Å². The molecule has 2 aliphatic heterocycles. The quantitative estimate of drug-likeness (QED) is 0.853. The van der Waals surface area contributed by atoms with Crippen LogP contribution in [0.4, 0.5) is 0 Å². The Hall–Kier alpha value is -2.12. The van der Waals surface area contributed by atoms with Crippen molar-refractivity contribution in [1.29, 1.82) is 0 Å². The standard InChI is InChI=1S/C19H26N4O3/c1-12-2-3-16(26-12)17-14(10-21-22-17)11-23-7-4-13(5-8-23)18-15(19(20)24)6-9-25-18/h2-3,10,13,15,18H,4-9,11H2,1H3,(H2,20,24)(H,21,22)/t15-,18+/m0/s1. The number of nitrogens with zero attached hydrogens (tertiary/aromatic N) is 2. The third kappa shape index (κ3) is 3.41. The first-order chi connectivity index (χ1) is 12.6. The van der Waals surface area contributed by atoms with Crippen molar-refractivity contribution in [3.05, 3.63) is 29.7 Å². The highest BCUT2D eigenvalue weighted by molar-refractivity contribution is 5.77. The number of furan rings is 1. The summed E-state index contributed by atoms with van der Waals surface area (Å²) in [6.45, 7) is 5.40. The highest BCUT2D eigenvalue weighted by Gasteiger charge is 2.39. The van der Waals surface area contributed by atoms with Crippen LogP contribution in [0.2, 0.25) is 0 Å². The molecule has 3 N–H and O–H groups in total. The predicted octanol–water partition coefficient (Wildman–Crippen LogP) is 2.08. The second kappa shape index (κ2) is 7.25. The first kappa shape index (κ1) is 17.3.